The van der Waals surface area contributed by atoms with Gasteiger partial charge in [-0.25, -0.2) is 0 Å². The van der Waals surface area contributed by atoms with Crippen LogP contribution < -0.4 is 9.47 Å². The van der Waals surface area contributed by atoms with Crippen molar-refractivity contribution in [2.45, 2.75) is 31.0 Å². The van der Waals surface area contributed by atoms with Crippen molar-refractivity contribution in [3.05, 3.63) is 23.8 Å². The minimum Gasteiger partial charge on any atom is -0.493 e. The highest BCUT2D eigenvalue weighted by Crippen LogP contribution is 2.48. The number of halogens is 1. The topological polar surface area (TPSA) is 18.5 Å². The Balaban J connectivity index is 1.63. The quantitative estimate of drug-likeness (QED) is 0.747. The van der Waals surface area contributed by atoms with Crippen LogP contribution in [-0.4, -0.2) is 13.7 Å². The molecule has 2 fully saturated rings. The van der Waals surface area contributed by atoms with Gasteiger partial charge in [-0.05, 0) is 54.7 Å². The lowest BCUT2D eigenvalue weighted by molar-refractivity contribution is 0.189. The van der Waals surface area contributed by atoms with Gasteiger partial charge in [0.05, 0.1) is 13.7 Å². The molecule has 3 atom stereocenters. The molecule has 2 bridgehead atoms. The molecule has 0 saturated heterocycles. The summed E-state index contributed by atoms with van der Waals surface area (Å²) in [5.74, 6) is 4.39. The predicted molar refractivity (Wildman–Crippen MR) is 80.1 cm³/mol. The average Bonchev–Trinajstić information content (AvgIpc) is 3.07. The number of hydrogen-bond acceptors (Lipinski definition) is 2. The Morgan fingerprint density at radius 3 is 2.74 bits per heavy atom. The highest BCUT2D eigenvalue weighted by Gasteiger charge is 2.39. The second-order valence-electron chi connectivity index (χ2n) is 5.86. The number of ether oxygens (including phenoxy) is 2. The van der Waals surface area contributed by atoms with Crippen LogP contribution in [0.1, 0.15) is 31.2 Å². The molecule has 1 aromatic carbocycles. The lowest BCUT2D eigenvalue weighted by Gasteiger charge is -2.22. The first kappa shape index (κ1) is 13.3. The highest BCUT2D eigenvalue weighted by molar-refractivity contribution is 9.08. The van der Waals surface area contributed by atoms with Crippen LogP contribution in [0.3, 0.4) is 0 Å². The van der Waals surface area contributed by atoms with Crippen molar-refractivity contribution in [1.82, 2.24) is 0 Å². The fraction of sp³-hybridized carbons (Fsp3) is 0.625. The Hall–Kier alpha value is -0.700. The van der Waals surface area contributed by atoms with E-state index < -0.39 is 0 Å². The molecular formula is C16H21BrO2. The first-order chi connectivity index (χ1) is 9.30. The SMILES string of the molecule is COc1cc(CBr)ccc1OCC1CC2CCC1C2. The molecule has 1 aromatic rings. The van der Waals surface area contributed by atoms with E-state index in [2.05, 4.69) is 22.0 Å². The van der Waals surface area contributed by atoms with Gasteiger partial charge < -0.3 is 9.47 Å². The van der Waals surface area contributed by atoms with E-state index in [1.807, 2.05) is 12.1 Å². The van der Waals surface area contributed by atoms with E-state index in [0.29, 0.717) is 0 Å². The van der Waals surface area contributed by atoms with Gasteiger partial charge >= 0.3 is 0 Å². The lowest BCUT2D eigenvalue weighted by atomic mass is 9.89. The Bertz CT molecular complexity index is 446. The minimum atomic E-state index is 0.763. The van der Waals surface area contributed by atoms with E-state index in [9.17, 15) is 0 Å². The fourth-order valence-corrected chi connectivity index (χ4v) is 4.04. The van der Waals surface area contributed by atoms with Crippen molar-refractivity contribution >= 4 is 15.9 Å². The van der Waals surface area contributed by atoms with Crippen LogP contribution in [0.2, 0.25) is 0 Å². The van der Waals surface area contributed by atoms with E-state index in [1.165, 1.54) is 31.2 Å². The van der Waals surface area contributed by atoms with E-state index in [-0.39, 0.29) is 0 Å². The lowest BCUT2D eigenvalue weighted by Crippen LogP contribution is -2.18. The maximum atomic E-state index is 6.02. The Labute approximate surface area is 123 Å². The average molecular weight is 325 g/mol. The molecule has 3 rings (SSSR count). The summed E-state index contributed by atoms with van der Waals surface area (Å²) in [6.45, 7) is 0.852. The smallest absolute Gasteiger partial charge is 0.161 e. The molecular weight excluding hydrogens is 304 g/mol. The summed E-state index contributed by atoms with van der Waals surface area (Å²) in [5, 5.41) is 0.843. The molecule has 2 nitrogen and oxygen atoms in total. The van der Waals surface area contributed by atoms with E-state index in [4.69, 9.17) is 9.47 Å². The van der Waals surface area contributed by atoms with Gasteiger partial charge in [0.25, 0.3) is 0 Å². The molecule has 2 saturated carbocycles. The van der Waals surface area contributed by atoms with Crippen LogP contribution >= 0.6 is 15.9 Å². The Kier molecular flexibility index (Phi) is 4.01. The van der Waals surface area contributed by atoms with Gasteiger partial charge in [0.2, 0.25) is 0 Å². The first-order valence-corrected chi connectivity index (χ1v) is 8.28. The van der Waals surface area contributed by atoms with Gasteiger partial charge in [0.1, 0.15) is 0 Å². The van der Waals surface area contributed by atoms with Crippen molar-refractivity contribution < 1.29 is 9.47 Å². The van der Waals surface area contributed by atoms with Gasteiger partial charge in [0.15, 0.2) is 11.5 Å². The number of fused-ring (bicyclic) bond motifs is 2. The summed E-state index contributed by atoms with van der Waals surface area (Å²) in [5.41, 5.74) is 1.21. The number of alkyl halides is 1. The maximum absolute atomic E-state index is 6.02. The van der Waals surface area contributed by atoms with Gasteiger partial charge in [0, 0.05) is 5.33 Å². The van der Waals surface area contributed by atoms with E-state index >= 15 is 0 Å². The molecule has 0 amide bonds. The van der Waals surface area contributed by atoms with Crippen LogP contribution in [0.25, 0.3) is 0 Å². The zero-order chi connectivity index (χ0) is 13.2. The number of methoxy groups -OCH3 is 1. The summed E-state index contributed by atoms with van der Waals surface area (Å²) < 4.78 is 11.4. The molecule has 0 N–H and O–H groups in total. The summed E-state index contributed by atoms with van der Waals surface area (Å²) in [6.07, 6.45) is 5.67. The predicted octanol–water partition coefficient (Wildman–Crippen LogP) is 4.41. The van der Waals surface area contributed by atoms with Crippen LogP contribution in [0.4, 0.5) is 0 Å². The van der Waals surface area contributed by atoms with Gasteiger partial charge in [-0.3, -0.25) is 0 Å². The third kappa shape index (κ3) is 2.76. The van der Waals surface area contributed by atoms with Crippen molar-refractivity contribution in [3.63, 3.8) is 0 Å². The third-order valence-corrected chi connectivity index (χ3v) is 5.37. The number of rotatable bonds is 5. The van der Waals surface area contributed by atoms with Crippen LogP contribution in [-0.2, 0) is 5.33 Å². The number of hydrogen-bond donors (Lipinski definition) is 0. The fourth-order valence-electron chi connectivity index (χ4n) is 3.69. The molecule has 0 heterocycles. The van der Waals surface area contributed by atoms with Gasteiger partial charge in [-0.1, -0.05) is 28.4 Å². The molecule has 0 aliphatic heterocycles. The molecule has 104 valence electrons. The summed E-state index contributed by atoms with van der Waals surface area (Å²) >= 11 is 3.46. The molecule has 3 unspecified atom stereocenters. The zero-order valence-corrected chi connectivity index (χ0v) is 13.0. The Morgan fingerprint density at radius 2 is 2.11 bits per heavy atom. The summed E-state index contributed by atoms with van der Waals surface area (Å²) in [6, 6.07) is 6.17. The summed E-state index contributed by atoms with van der Waals surface area (Å²) in [4.78, 5) is 0. The second kappa shape index (κ2) is 5.74. The summed E-state index contributed by atoms with van der Waals surface area (Å²) in [7, 11) is 1.71. The van der Waals surface area contributed by atoms with Gasteiger partial charge in [-0.15, -0.1) is 0 Å². The number of benzene rings is 1. The molecule has 19 heavy (non-hydrogen) atoms. The van der Waals surface area contributed by atoms with E-state index in [1.54, 1.807) is 7.11 Å². The molecule has 0 spiro atoms. The standard InChI is InChI=1S/C16H21BrO2/c1-18-16-8-12(9-17)3-5-15(16)19-10-14-7-11-2-4-13(14)6-11/h3,5,8,11,13-14H,2,4,6-7,9-10H2,1H3. The van der Waals surface area contributed by atoms with Crippen LogP contribution in [0.5, 0.6) is 11.5 Å². The van der Waals surface area contributed by atoms with E-state index in [0.717, 1.165) is 41.2 Å². The largest absolute Gasteiger partial charge is 0.493 e. The Morgan fingerprint density at radius 1 is 1.21 bits per heavy atom. The van der Waals surface area contributed by atoms with Crippen molar-refractivity contribution in [1.29, 1.82) is 0 Å². The van der Waals surface area contributed by atoms with Crippen LogP contribution in [0, 0.1) is 17.8 Å². The maximum Gasteiger partial charge on any atom is 0.161 e. The zero-order valence-electron chi connectivity index (χ0n) is 11.4. The monoisotopic (exact) mass is 324 g/mol. The second-order valence-corrected chi connectivity index (χ2v) is 6.43. The third-order valence-electron chi connectivity index (χ3n) is 4.72. The molecule has 2 aliphatic rings. The first-order valence-electron chi connectivity index (χ1n) is 7.16. The molecule has 0 aromatic heterocycles. The minimum absolute atomic E-state index is 0.763. The van der Waals surface area contributed by atoms with Crippen molar-refractivity contribution in [2.24, 2.45) is 17.8 Å². The normalized spacial score (nSPS) is 28.6. The van der Waals surface area contributed by atoms with Crippen molar-refractivity contribution in [3.8, 4) is 11.5 Å². The molecule has 0 radical (unpaired) electrons. The van der Waals surface area contributed by atoms with Crippen LogP contribution in [0.15, 0.2) is 18.2 Å². The molecule has 3 heteroatoms. The van der Waals surface area contributed by atoms with Gasteiger partial charge in [-0.2, -0.15) is 0 Å². The van der Waals surface area contributed by atoms with Crippen molar-refractivity contribution in [2.75, 3.05) is 13.7 Å². The molecule has 2 aliphatic carbocycles. The highest BCUT2D eigenvalue weighted by atomic mass is 79.9.